The van der Waals surface area contributed by atoms with E-state index in [1.807, 2.05) is 20.0 Å². The van der Waals surface area contributed by atoms with Gasteiger partial charge in [0.15, 0.2) is 0 Å². The second-order valence-corrected chi connectivity index (χ2v) is 6.49. The molecule has 3 heteroatoms. The lowest BCUT2D eigenvalue weighted by atomic mass is 10.0. The summed E-state index contributed by atoms with van der Waals surface area (Å²) in [5.74, 6) is 0.947. The van der Waals surface area contributed by atoms with Gasteiger partial charge in [0.05, 0.1) is 0 Å². The molecule has 0 N–H and O–H groups in total. The first-order valence-electron chi connectivity index (χ1n) is 8.61. The Balaban J connectivity index is 3.00. The van der Waals surface area contributed by atoms with Crippen LogP contribution in [0.3, 0.4) is 0 Å². The number of aryl methyl sites for hydroxylation is 2. The fourth-order valence-electron chi connectivity index (χ4n) is 2.52. The molecule has 0 bridgehead atoms. The average Bonchev–Trinajstić information content (AvgIpc) is 2.54. The zero-order valence-corrected chi connectivity index (χ0v) is 15.8. The number of carbonyl (C=O) groups is 1. The van der Waals surface area contributed by atoms with Gasteiger partial charge in [0.1, 0.15) is 18.1 Å². The first-order chi connectivity index (χ1) is 11.4. The number of hydrogen-bond donors (Lipinski definition) is 0. The van der Waals surface area contributed by atoms with Gasteiger partial charge in [-0.15, -0.1) is 0 Å². The van der Waals surface area contributed by atoms with Crippen molar-refractivity contribution in [3.63, 3.8) is 0 Å². The molecule has 0 aromatic heterocycles. The maximum Gasteiger partial charge on any atom is 0.130 e. The van der Waals surface area contributed by atoms with Gasteiger partial charge in [-0.25, -0.2) is 0 Å². The minimum absolute atomic E-state index is 0.0964. The summed E-state index contributed by atoms with van der Waals surface area (Å²) in [4.78, 5) is 12.7. The summed E-state index contributed by atoms with van der Waals surface area (Å²) in [6, 6.07) is 4.23. The van der Waals surface area contributed by atoms with Crippen LogP contribution in [0.1, 0.15) is 43.4 Å². The fraction of sp³-hybridized carbons (Fsp3) is 0.476. The van der Waals surface area contributed by atoms with Crippen LogP contribution in [-0.2, 0) is 4.79 Å². The molecule has 1 rings (SSSR count). The average molecular weight is 329 g/mol. The molecule has 3 nitrogen and oxygen atoms in total. The largest absolute Gasteiger partial charge is 0.488 e. The summed E-state index contributed by atoms with van der Waals surface area (Å²) in [6.07, 6.45) is 6.64. The summed E-state index contributed by atoms with van der Waals surface area (Å²) in [7, 11) is 2.03. The third kappa shape index (κ3) is 6.32. The number of likely N-dealkylation sites (N-methyl/N-ethyl adjacent to an activating group) is 1. The van der Waals surface area contributed by atoms with Crippen molar-refractivity contribution in [3.05, 3.63) is 47.1 Å². The van der Waals surface area contributed by atoms with Crippen LogP contribution in [0.5, 0.6) is 5.75 Å². The Hall–Kier alpha value is -1.87. The lowest BCUT2D eigenvalue weighted by Crippen LogP contribution is -2.33. The van der Waals surface area contributed by atoms with E-state index < -0.39 is 0 Å². The molecule has 24 heavy (non-hydrogen) atoms. The Morgan fingerprint density at radius 1 is 1.33 bits per heavy atom. The highest BCUT2D eigenvalue weighted by Crippen LogP contribution is 2.30. The van der Waals surface area contributed by atoms with E-state index >= 15 is 0 Å². The smallest absolute Gasteiger partial charge is 0.130 e. The lowest BCUT2D eigenvalue weighted by molar-refractivity contribution is -0.108. The lowest BCUT2D eigenvalue weighted by Gasteiger charge is -2.26. The van der Waals surface area contributed by atoms with E-state index in [-0.39, 0.29) is 6.10 Å². The predicted molar refractivity (Wildman–Crippen MR) is 103 cm³/mol. The Labute approximate surface area is 147 Å². The van der Waals surface area contributed by atoms with Gasteiger partial charge in [0.25, 0.3) is 0 Å². The molecule has 132 valence electrons. The zero-order chi connectivity index (χ0) is 18.1. The van der Waals surface area contributed by atoms with E-state index in [1.54, 1.807) is 0 Å². The molecule has 0 aliphatic rings. The Morgan fingerprint density at radius 2 is 2.00 bits per heavy atom. The van der Waals surface area contributed by atoms with Crippen LogP contribution in [0.15, 0.2) is 30.4 Å². The van der Waals surface area contributed by atoms with Gasteiger partial charge in [-0.2, -0.15) is 0 Å². The van der Waals surface area contributed by atoms with Crippen LogP contribution in [0.25, 0.3) is 6.08 Å². The van der Waals surface area contributed by atoms with Gasteiger partial charge in [-0.3, -0.25) is 0 Å². The minimum atomic E-state index is 0.0964. The van der Waals surface area contributed by atoms with Crippen LogP contribution in [0, 0.1) is 13.8 Å². The number of allylic oxidation sites excluding steroid dienone is 2. The fourth-order valence-corrected chi connectivity index (χ4v) is 2.52. The molecule has 0 aliphatic heterocycles. The van der Waals surface area contributed by atoms with Crippen molar-refractivity contribution < 1.29 is 9.53 Å². The van der Waals surface area contributed by atoms with E-state index in [1.165, 1.54) is 5.56 Å². The number of carbonyl (C=O) groups excluding carboxylic acids is 1. The maximum absolute atomic E-state index is 10.5. The molecule has 1 aromatic carbocycles. The Kier molecular flexibility index (Phi) is 8.48. The molecule has 0 radical (unpaired) electrons. The van der Waals surface area contributed by atoms with Crippen LogP contribution in [0.4, 0.5) is 0 Å². The number of benzene rings is 1. The molecule has 0 saturated carbocycles. The Bertz CT molecular complexity index is 590. The standard InChI is InChI=1S/C21H31NO2/c1-7-19(15-22(6)13-8-14-23)24-21-18(5)11-10-17(4)20(21)12-9-16(2)3/h9-12,14,19H,2,7-8,13,15H2,1,3-6H3/b12-9-/t19-/m1/s1. The molecule has 0 heterocycles. The monoisotopic (exact) mass is 329 g/mol. The maximum atomic E-state index is 10.5. The quantitative estimate of drug-likeness (QED) is 0.465. The third-order valence-corrected chi connectivity index (χ3v) is 4.03. The van der Waals surface area contributed by atoms with Crippen molar-refractivity contribution in [2.24, 2.45) is 0 Å². The highest BCUT2D eigenvalue weighted by molar-refractivity contribution is 5.65. The number of hydrogen-bond acceptors (Lipinski definition) is 3. The number of ether oxygens (including phenoxy) is 1. The number of aldehydes is 1. The normalized spacial score (nSPS) is 12.6. The van der Waals surface area contributed by atoms with Gasteiger partial charge < -0.3 is 14.4 Å². The number of nitrogens with zero attached hydrogens (tertiary/aromatic N) is 1. The van der Waals surface area contributed by atoms with Crippen molar-refractivity contribution in [3.8, 4) is 5.75 Å². The minimum Gasteiger partial charge on any atom is -0.488 e. The molecular formula is C21H31NO2. The third-order valence-electron chi connectivity index (χ3n) is 4.03. The topological polar surface area (TPSA) is 29.5 Å². The highest BCUT2D eigenvalue weighted by Gasteiger charge is 2.16. The van der Waals surface area contributed by atoms with Crippen LogP contribution < -0.4 is 4.74 Å². The summed E-state index contributed by atoms with van der Waals surface area (Å²) in [6.45, 7) is 13.8. The highest BCUT2D eigenvalue weighted by atomic mass is 16.5. The Morgan fingerprint density at radius 3 is 2.58 bits per heavy atom. The summed E-state index contributed by atoms with van der Waals surface area (Å²) in [5, 5.41) is 0. The first kappa shape index (κ1) is 20.2. The van der Waals surface area contributed by atoms with Crippen molar-refractivity contribution in [1.82, 2.24) is 4.90 Å². The van der Waals surface area contributed by atoms with Gasteiger partial charge in [-0.1, -0.05) is 43.4 Å². The van der Waals surface area contributed by atoms with E-state index in [0.29, 0.717) is 6.42 Å². The molecule has 0 unspecified atom stereocenters. The molecule has 1 aromatic rings. The zero-order valence-electron chi connectivity index (χ0n) is 15.8. The van der Waals surface area contributed by atoms with Gasteiger partial charge >= 0.3 is 0 Å². The van der Waals surface area contributed by atoms with Crippen LogP contribution >= 0.6 is 0 Å². The molecule has 0 aliphatic carbocycles. The SMILES string of the molecule is C=C(C)/C=C\c1c(C)ccc(C)c1O[C@H](CC)CN(C)CCC=O. The summed E-state index contributed by atoms with van der Waals surface area (Å²) < 4.78 is 6.38. The molecule has 1 atom stereocenters. The first-order valence-corrected chi connectivity index (χ1v) is 8.61. The second-order valence-electron chi connectivity index (χ2n) is 6.49. The van der Waals surface area contributed by atoms with Crippen molar-refractivity contribution in [1.29, 1.82) is 0 Å². The van der Waals surface area contributed by atoms with E-state index in [0.717, 1.165) is 48.2 Å². The predicted octanol–water partition coefficient (Wildman–Crippen LogP) is 4.57. The molecule has 0 saturated heterocycles. The van der Waals surface area contributed by atoms with E-state index in [4.69, 9.17) is 4.74 Å². The molecule has 0 spiro atoms. The summed E-state index contributed by atoms with van der Waals surface area (Å²) in [5.41, 5.74) is 4.46. The van der Waals surface area contributed by atoms with Crippen LogP contribution in [-0.4, -0.2) is 37.4 Å². The second kappa shape index (κ2) is 10.1. The van der Waals surface area contributed by atoms with Crippen molar-refractivity contribution in [2.75, 3.05) is 20.1 Å². The van der Waals surface area contributed by atoms with Gasteiger partial charge in [0.2, 0.25) is 0 Å². The van der Waals surface area contributed by atoms with Crippen molar-refractivity contribution >= 4 is 12.4 Å². The molecular weight excluding hydrogens is 298 g/mol. The van der Waals surface area contributed by atoms with Crippen LogP contribution in [0.2, 0.25) is 0 Å². The molecule has 0 fully saturated rings. The number of rotatable bonds is 10. The van der Waals surface area contributed by atoms with E-state index in [2.05, 4.69) is 50.5 Å². The van der Waals surface area contributed by atoms with Crippen molar-refractivity contribution in [2.45, 2.75) is 46.6 Å². The molecule has 0 amide bonds. The van der Waals surface area contributed by atoms with Gasteiger partial charge in [-0.05, 0) is 45.4 Å². The summed E-state index contributed by atoms with van der Waals surface area (Å²) >= 11 is 0. The van der Waals surface area contributed by atoms with Gasteiger partial charge in [0, 0.05) is 25.1 Å². The van der Waals surface area contributed by atoms with E-state index in [9.17, 15) is 4.79 Å².